The van der Waals surface area contributed by atoms with Gasteiger partial charge in [-0.05, 0) is 32.1 Å². The summed E-state index contributed by atoms with van der Waals surface area (Å²) >= 11 is 0. The summed E-state index contributed by atoms with van der Waals surface area (Å²) in [5.74, 6) is -0.673. The summed E-state index contributed by atoms with van der Waals surface area (Å²) in [5, 5.41) is 8.66. The Morgan fingerprint density at radius 1 is 0.462 bits per heavy atom. The first-order valence-corrected chi connectivity index (χ1v) is 17.5. The van der Waals surface area contributed by atoms with Crippen LogP contribution in [0.2, 0.25) is 0 Å². The molecule has 0 aromatic heterocycles. The van der Waals surface area contributed by atoms with Gasteiger partial charge in [-0.25, -0.2) is 0 Å². The van der Waals surface area contributed by atoms with Crippen LogP contribution in [0.3, 0.4) is 0 Å². The molecule has 0 heterocycles. The number of carboxylic acids is 1. The van der Waals surface area contributed by atoms with Crippen molar-refractivity contribution in [3.8, 4) is 0 Å². The minimum atomic E-state index is -0.683. The fraction of sp³-hybridized carbons (Fsp3) is 0.943. The van der Waals surface area contributed by atoms with Crippen molar-refractivity contribution in [3.63, 3.8) is 0 Å². The van der Waals surface area contributed by atoms with Gasteiger partial charge in [0.05, 0.1) is 0 Å². The average molecular weight is 553 g/mol. The van der Waals surface area contributed by atoms with Gasteiger partial charge in [0.1, 0.15) is 6.10 Å². The molecule has 1 unspecified atom stereocenters. The molecule has 0 amide bonds. The second-order valence-electron chi connectivity index (χ2n) is 12.1. The molecule has 0 aliphatic carbocycles. The highest BCUT2D eigenvalue weighted by molar-refractivity contribution is 5.69. The van der Waals surface area contributed by atoms with E-state index in [1.54, 1.807) is 0 Å². The van der Waals surface area contributed by atoms with Crippen molar-refractivity contribution in [1.82, 2.24) is 0 Å². The molecule has 0 bridgehead atoms. The first-order valence-electron chi connectivity index (χ1n) is 17.5. The van der Waals surface area contributed by atoms with E-state index in [1.165, 1.54) is 122 Å². The molecule has 0 radical (unpaired) electrons. The van der Waals surface area contributed by atoms with Crippen molar-refractivity contribution in [1.29, 1.82) is 0 Å². The molecule has 0 aromatic carbocycles. The van der Waals surface area contributed by atoms with E-state index in [0.29, 0.717) is 12.8 Å². The van der Waals surface area contributed by atoms with Crippen LogP contribution in [0.1, 0.15) is 206 Å². The third kappa shape index (κ3) is 31.3. The van der Waals surface area contributed by atoms with Gasteiger partial charge >= 0.3 is 11.9 Å². The smallest absolute Gasteiger partial charge is 0.306 e. The number of aliphatic carboxylic acids is 1. The lowest BCUT2D eigenvalue weighted by Gasteiger charge is -2.17. The van der Waals surface area contributed by atoms with E-state index in [0.717, 1.165) is 57.8 Å². The number of unbranched alkanes of at least 4 members (excludes halogenated alkanes) is 23. The SMILES string of the molecule is CCCCCCCCCCCCCCCCCCCC(=O)OC(CCC)CCCCCCCCCCC(=O)O. The fourth-order valence-electron chi connectivity index (χ4n) is 5.53. The molecule has 0 aliphatic heterocycles. The molecule has 0 aliphatic rings. The number of esters is 1. The quantitative estimate of drug-likeness (QED) is 0.0665. The molecule has 0 aromatic rings. The number of rotatable bonds is 32. The summed E-state index contributed by atoms with van der Waals surface area (Å²) in [6, 6.07) is 0. The molecule has 4 heteroatoms. The number of carbonyl (C=O) groups excluding carboxylic acids is 1. The minimum Gasteiger partial charge on any atom is -0.481 e. The van der Waals surface area contributed by atoms with Crippen LogP contribution < -0.4 is 0 Å². The lowest BCUT2D eigenvalue weighted by molar-refractivity contribution is -0.150. The van der Waals surface area contributed by atoms with Gasteiger partial charge in [-0.15, -0.1) is 0 Å². The Kier molecular flexibility index (Phi) is 30.6. The molecule has 1 atom stereocenters. The van der Waals surface area contributed by atoms with Crippen LogP contribution in [-0.4, -0.2) is 23.1 Å². The Morgan fingerprint density at radius 3 is 1.21 bits per heavy atom. The van der Waals surface area contributed by atoms with Crippen molar-refractivity contribution in [2.75, 3.05) is 0 Å². The summed E-state index contributed by atoms with van der Waals surface area (Å²) in [5.41, 5.74) is 0. The van der Waals surface area contributed by atoms with Crippen molar-refractivity contribution < 1.29 is 19.4 Å². The van der Waals surface area contributed by atoms with Crippen LogP contribution in [0.5, 0.6) is 0 Å². The van der Waals surface area contributed by atoms with Gasteiger partial charge in [-0.2, -0.15) is 0 Å². The van der Waals surface area contributed by atoms with Gasteiger partial charge in [0.2, 0.25) is 0 Å². The molecule has 0 saturated heterocycles. The van der Waals surface area contributed by atoms with Gasteiger partial charge < -0.3 is 9.84 Å². The van der Waals surface area contributed by atoms with Gasteiger partial charge in [-0.3, -0.25) is 9.59 Å². The first kappa shape index (κ1) is 37.9. The first-order chi connectivity index (χ1) is 19.1. The Bertz CT molecular complexity index is 519. The highest BCUT2D eigenvalue weighted by atomic mass is 16.5. The molecule has 0 fully saturated rings. The van der Waals surface area contributed by atoms with Crippen molar-refractivity contribution in [2.24, 2.45) is 0 Å². The summed E-state index contributed by atoms with van der Waals surface area (Å²) in [6.07, 6.45) is 36.0. The number of hydrogen-bond donors (Lipinski definition) is 1. The largest absolute Gasteiger partial charge is 0.481 e. The van der Waals surface area contributed by atoms with Crippen LogP contribution in [0, 0.1) is 0 Å². The van der Waals surface area contributed by atoms with E-state index >= 15 is 0 Å². The molecule has 4 nitrogen and oxygen atoms in total. The second-order valence-corrected chi connectivity index (χ2v) is 12.1. The third-order valence-corrected chi connectivity index (χ3v) is 8.06. The van der Waals surface area contributed by atoms with Gasteiger partial charge in [0.25, 0.3) is 0 Å². The van der Waals surface area contributed by atoms with E-state index in [4.69, 9.17) is 9.84 Å². The Balaban J connectivity index is 3.49. The maximum absolute atomic E-state index is 12.3. The highest BCUT2D eigenvalue weighted by Gasteiger charge is 2.13. The Labute approximate surface area is 243 Å². The van der Waals surface area contributed by atoms with Gasteiger partial charge in [0.15, 0.2) is 0 Å². The lowest BCUT2D eigenvalue weighted by atomic mass is 10.0. The second kappa shape index (κ2) is 31.5. The summed E-state index contributed by atoms with van der Waals surface area (Å²) in [4.78, 5) is 22.9. The van der Waals surface area contributed by atoms with Crippen molar-refractivity contribution in [2.45, 2.75) is 213 Å². The molecular weight excluding hydrogens is 484 g/mol. The zero-order valence-corrected chi connectivity index (χ0v) is 26.5. The van der Waals surface area contributed by atoms with Crippen LogP contribution in [-0.2, 0) is 14.3 Å². The summed E-state index contributed by atoms with van der Waals surface area (Å²) in [7, 11) is 0. The van der Waals surface area contributed by atoms with E-state index in [2.05, 4.69) is 13.8 Å². The molecule has 232 valence electrons. The number of carboxylic acid groups (broad SMARTS) is 1. The molecule has 0 saturated carbocycles. The van der Waals surface area contributed by atoms with E-state index in [-0.39, 0.29) is 12.1 Å². The maximum atomic E-state index is 12.3. The van der Waals surface area contributed by atoms with E-state index in [9.17, 15) is 9.59 Å². The molecule has 1 N–H and O–H groups in total. The Hall–Kier alpha value is -1.06. The zero-order valence-electron chi connectivity index (χ0n) is 26.5. The van der Waals surface area contributed by atoms with E-state index < -0.39 is 5.97 Å². The fourth-order valence-corrected chi connectivity index (χ4v) is 5.53. The van der Waals surface area contributed by atoms with Gasteiger partial charge in [0, 0.05) is 12.8 Å². The maximum Gasteiger partial charge on any atom is 0.306 e. The monoisotopic (exact) mass is 553 g/mol. The zero-order chi connectivity index (χ0) is 28.7. The highest BCUT2D eigenvalue weighted by Crippen LogP contribution is 2.17. The standard InChI is InChI=1S/C35H68O4/c1-3-5-6-7-8-9-10-11-12-13-14-15-16-17-22-25-28-32-35(38)39-33(29-4-2)30-26-23-20-18-19-21-24-27-31-34(36)37/h33H,3-32H2,1-2H3,(H,36,37). The molecule has 39 heavy (non-hydrogen) atoms. The predicted octanol–water partition coefficient (Wildman–Crippen LogP) is 11.7. The third-order valence-electron chi connectivity index (χ3n) is 8.06. The van der Waals surface area contributed by atoms with Crippen LogP contribution in [0.4, 0.5) is 0 Å². The number of carbonyl (C=O) groups is 2. The molecule has 0 rings (SSSR count). The molecular formula is C35H68O4. The minimum absolute atomic E-state index is 0.00997. The average Bonchev–Trinajstić information content (AvgIpc) is 2.91. The topological polar surface area (TPSA) is 63.6 Å². The Morgan fingerprint density at radius 2 is 0.821 bits per heavy atom. The van der Waals surface area contributed by atoms with E-state index in [1.807, 2.05) is 0 Å². The lowest BCUT2D eigenvalue weighted by Crippen LogP contribution is -2.18. The van der Waals surface area contributed by atoms with Crippen LogP contribution >= 0.6 is 0 Å². The van der Waals surface area contributed by atoms with Crippen molar-refractivity contribution in [3.05, 3.63) is 0 Å². The van der Waals surface area contributed by atoms with Crippen LogP contribution in [0.15, 0.2) is 0 Å². The predicted molar refractivity (Wildman–Crippen MR) is 167 cm³/mol. The van der Waals surface area contributed by atoms with Crippen molar-refractivity contribution >= 4 is 11.9 Å². The number of ether oxygens (including phenoxy) is 1. The normalized spacial score (nSPS) is 12.1. The molecule has 0 spiro atoms. The summed E-state index contributed by atoms with van der Waals surface area (Å²) < 4.78 is 5.82. The van der Waals surface area contributed by atoms with Gasteiger partial charge in [-0.1, -0.05) is 162 Å². The number of hydrogen-bond acceptors (Lipinski definition) is 3. The summed E-state index contributed by atoms with van der Waals surface area (Å²) in [6.45, 7) is 4.45. The van der Waals surface area contributed by atoms with Crippen LogP contribution in [0.25, 0.3) is 0 Å².